The molecule has 1 aliphatic heterocycles. The number of piperidine rings is 1. The molecule has 1 aliphatic rings. The number of ether oxygens (including phenoxy) is 2. The highest BCUT2D eigenvalue weighted by atomic mass is 35.5. The van der Waals surface area contributed by atoms with Crippen LogP contribution in [-0.2, 0) is 17.8 Å². The number of aliphatic carboxylic acids is 1. The number of nitrogens with one attached hydrogen (secondary N) is 1. The van der Waals surface area contributed by atoms with Gasteiger partial charge in [0.15, 0.2) is 0 Å². The van der Waals surface area contributed by atoms with Crippen molar-refractivity contribution < 1.29 is 24.2 Å². The summed E-state index contributed by atoms with van der Waals surface area (Å²) in [6.07, 6.45) is 3.80. The minimum absolute atomic E-state index is 0.0466. The van der Waals surface area contributed by atoms with Gasteiger partial charge in [-0.05, 0) is 66.9 Å². The molecule has 2 N–H and O–H groups in total. The van der Waals surface area contributed by atoms with Crippen LogP contribution in [0.2, 0.25) is 10.0 Å². The summed E-state index contributed by atoms with van der Waals surface area (Å²) in [6.45, 7) is 3.03. The fourth-order valence-electron chi connectivity index (χ4n) is 4.91. The van der Waals surface area contributed by atoms with Crippen molar-refractivity contribution in [1.29, 1.82) is 0 Å². The third-order valence-electron chi connectivity index (χ3n) is 6.90. The number of carbonyl (C=O) groups excluding carboxylic acids is 1. The first kappa shape index (κ1) is 28.7. The number of amides is 1. The molecule has 0 aromatic heterocycles. The maximum Gasteiger partial charge on any atom is 0.326 e. The molecule has 0 unspecified atom stereocenters. The molecule has 9 heteroatoms. The monoisotopic (exact) mass is 570 g/mol. The van der Waals surface area contributed by atoms with Crippen LogP contribution < -0.4 is 14.8 Å². The van der Waals surface area contributed by atoms with E-state index in [4.69, 9.17) is 32.7 Å². The van der Waals surface area contributed by atoms with Crippen molar-refractivity contribution in [3.63, 3.8) is 0 Å². The summed E-state index contributed by atoms with van der Waals surface area (Å²) in [7, 11) is 3.28. The van der Waals surface area contributed by atoms with E-state index in [9.17, 15) is 14.7 Å². The normalized spacial score (nSPS) is 14.5. The Morgan fingerprint density at radius 2 is 1.51 bits per heavy atom. The van der Waals surface area contributed by atoms with E-state index in [0.717, 1.165) is 41.9 Å². The summed E-state index contributed by atoms with van der Waals surface area (Å²) >= 11 is 12.2. The molecule has 39 heavy (non-hydrogen) atoms. The Bertz CT molecular complexity index is 1280. The van der Waals surface area contributed by atoms with Crippen molar-refractivity contribution in [2.75, 3.05) is 27.3 Å². The highest BCUT2D eigenvalue weighted by Crippen LogP contribution is 2.40. The van der Waals surface area contributed by atoms with Gasteiger partial charge in [-0.3, -0.25) is 9.69 Å². The summed E-state index contributed by atoms with van der Waals surface area (Å²) in [6, 6.07) is 15.1. The van der Waals surface area contributed by atoms with E-state index in [1.54, 1.807) is 20.3 Å². The van der Waals surface area contributed by atoms with Crippen molar-refractivity contribution in [3.8, 4) is 22.6 Å². The molecule has 0 radical (unpaired) electrons. The molecule has 1 atom stereocenters. The fraction of sp³-hybridized carbons (Fsp3) is 0.333. The third kappa shape index (κ3) is 7.04. The van der Waals surface area contributed by atoms with Gasteiger partial charge in [-0.15, -0.1) is 0 Å². The zero-order valence-corrected chi connectivity index (χ0v) is 23.5. The Balaban J connectivity index is 1.53. The fourth-order valence-corrected chi connectivity index (χ4v) is 5.48. The van der Waals surface area contributed by atoms with Crippen LogP contribution in [0, 0.1) is 0 Å². The lowest BCUT2D eigenvalue weighted by molar-refractivity contribution is -0.139. The van der Waals surface area contributed by atoms with Crippen molar-refractivity contribution in [2.24, 2.45) is 0 Å². The number of rotatable bonds is 10. The second-order valence-corrected chi connectivity index (χ2v) is 10.4. The van der Waals surface area contributed by atoms with E-state index in [-0.39, 0.29) is 22.0 Å². The summed E-state index contributed by atoms with van der Waals surface area (Å²) in [4.78, 5) is 27.2. The number of hydrogen-bond acceptors (Lipinski definition) is 5. The first-order chi connectivity index (χ1) is 18.8. The van der Waals surface area contributed by atoms with Gasteiger partial charge >= 0.3 is 5.97 Å². The van der Waals surface area contributed by atoms with Gasteiger partial charge in [0.1, 0.15) is 17.5 Å². The topological polar surface area (TPSA) is 88.1 Å². The highest BCUT2D eigenvalue weighted by Gasteiger charge is 2.24. The SMILES string of the molecule is COc1cc(CN2CCCCC2)cc(OC)c1-c1ccc(C[C@H](NC(=O)c2c(Cl)cccc2Cl)C(=O)O)cc1. The predicted molar refractivity (Wildman–Crippen MR) is 153 cm³/mol. The molecule has 0 bridgehead atoms. The number of hydrogen-bond donors (Lipinski definition) is 2. The van der Waals surface area contributed by atoms with Crippen LogP contribution in [-0.4, -0.2) is 55.2 Å². The minimum Gasteiger partial charge on any atom is -0.496 e. The number of likely N-dealkylation sites (tertiary alicyclic amines) is 1. The molecule has 1 fully saturated rings. The van der Waals surface area contributed by atoms with Crippen LogP contribution in [0.15, 0.2) is 54.6 Å². The predicted octanol–water partition coefficient (Wildman–Crippen LogP) is 6.09. The molecule has 206 valence electrons. The van der Waals surface area contributed by atoms with Gasteiger partial charge < -0.3 is 19.9 Å². The lowest BCUT2D eigenvalue weighted by Crippen LogP contribution is -2.42. The van der Waals surface area contributed by atoms with E-state index in [1.165, 1.54) is 31.4 Å². The summed E-state index contributed by atoms with van der Waals surface area (Å²) in [5.74, 6) is -0.389. The van der Waals surface area contributed by atoms with Crippen LogP contribution in [0.3, 0.4) is 0 Å². The van der Waals surface area contributed by atoms with E-state index in [2.05, 4.69) is 22.3 Å². The molecule has 0 saturated carbocycles. The Morgan fingerprint density at radius 1 is 0.923 bits per heavy atom. The van der Waals surface area contributed by atoms with E-state index >= 15 is 0 Å². The molecule has 0 aliphatic carbocycles. The average Bonchev–Trinajstić information content (AvgIpc) is 2.93. The summed E-state index contributed by atoms with van der Waals surface area (Å²) in [5.41, 5.74) is 3.60. The smallest absolute Gasteiger partial charge is 0.326 e. The maximum absolute atomic E-state index is 12.8. The van der Waals surface area contributed by atoms with Crippen LogP contribution >= 0.6 is 23.2 Å². The molecule has 3 aromatic carbocycles. The summed E-state index contributed by atoms with van der Waals surface area (Å²) in [5, 5.41) is 12.6. The molecule has 1 heterocycles. The maximum atomic E-state index is 12.8. The molecular formula is C30H32Cl2N2O5. The first-order valence-electron chi connectivity index (χ1n) is 12.8. The quantitative estimate of drug-likeness (QED) is 0.306. The lowest BCUT2D eigenvalue weighted by atomic mass is 9.97. The van der Waals surface area contributed by atoms with Crippen LogP contribution in [0.25, 0.3) is 11.1 Å². The summed E-state index contributed by atoms with van der Waals surface area (Å²) < 4.78 is 11.5. The Kier molecular flexibility index (Phi) is 9.73. The van der Waals surface area contributed by atoms with Gasteiger partial charge in [0, 0.05) is 13.0 Å². The molecule has 1 amide bonds. The van der Waals surface area contributed by atoms with Crippen molar-refractivity contribution in [3.05, 3.63) is 81.3 Å². The van der Waals surface area contributed by atoms with Crippen LogP contribution in [0.1, 0.15) is 40.7 Å². The van der Waals surface area contributed by atoms with Gasteiger partial charge in [-0.2, -0.15) is 0 Å². The second-order valence-electron chi connectivity index (χ2n) is 9.57. The average molecular weight is 572 g/mol. The Morgan fingerprint density at radius 3 is 2.05 bits per heavy atom. The zero-order valence-electron chi connectivity index (χ0n) is 22.0. The van der Waals surface area contributed by atoms with Gasteiger partial charge in [0.2, 0.25) is 0 Å². The van der Waals surface area contributed by atoms with Crippen LogP contribution in [0.5, 0.6) is 11.5 Å². The Labute approximate surface area is 238 Å². The molecule has 4 rings (SSSR count). The number of carbonyl (C=O) groups is 2. The number of methoxy groups -OCH3 is 2. The highest BCUT2D eigenvalue weighted by molar-refractivity contribution is 6.39. The van der Waals surface area contributed by atoms with Crippen LogP contribution in [0.4, 0.5) is 0 Å². The number of benzene rings is 3. The van der Waals surface area contributed by atoms with Gasteiger partial charge in [-0.25, -0.2) is 4.79 Å². The third-order valence-corrected chi connectivity index (χ3v) is 7.53. The molecule has 7 nitrogen and oxygen atoms in total. The number of halogens is 2. The lowest BCUT2D eigenvalue weighted by Gasteiger charge is -2.27. The zero-order chi connectivity index (χ0) is 27.9. The van der Waals surface area contributed by atoms with Crippen molar-refractivity contribution >= 4 is 35.1 Å². The van der Waals surface area contributed by atoms with Gasteiger partial charge in [0.05, 0.1) is 35.4 Å². The first-order valence-corrected chi connectivity index (χ1v) is 13.6. The second kappa shape index (κ2) is 13.2. The molecule has 1 saturated heterocycles. The van der Waals surface area contributed by atoms with E-state index in [0.29, 0.717) is 11.5 Å². The molecule has 0 spiro atoms. The van der Waals surface area contributed by atoms with Crippen molar-refractivity contribution in [2.45, 2.75) is 38.3 Å². The number of nitrogens with zero attached hydrogens (tertiary/aromatic N) is 1. The Hall–Kier alpha value is -3.26. The molecule has 3 aromatic rings. The van der Waals surface area contributed by atoms with Gasteiger partial charge in [-0.1, -0.05) is 60.0 Å². The van der Waals surface area contributed by atoms with E-state index < -0.39 is 17.9 Å². The standard InChI is InChI=1S/C30H32Cl2N2O5/c1-38-25-16-20(18-34-13-4-3-5-14-34)17-26(39-2)27(25)21-11-9-19(10-12-21)15-24(30(36)37)33-29(35)28-22(31)7-6-8-23(28)32/h6-12,16-17,24H,3-5,13-15,18H2,1-2H3,(H,33,35)(H,36,37)/t24-/m0/s1. The number of carboxylic acids is 1. The van der Waals surface area contributed by atoms with Gasteiger partial charge in [0.25, 0.3) is 5.91 Å². The van der Waals surface area contributed by atoms with Crippen molar-refractivity contribution in [1.82, 2.24) is 10.2 Å². The minimum atomic E-state index is -1.17. The van der Waals surface area contributed by atoms with E-state index in [1.807, 2.05) is 24.3 Å². The molecular weight excluding hydrogens is 539 g/mol. The largest absolute Gasteiger partial charge is 0.496 e. The number of carboxylic acid groups (broad SMARTS) is 1.